The summed E-state index contributed by atoms with van der Waals surface area (Å²) in [6.45, 7) is 3.74. The summed E-state index contributed by atoms with van der Waals surface area (Å²) in [5, 5.41) is 0. The molecule has 4 nitrogen and oxygen atoms in total. The molecule has 0 N–H and O–H groups in total. The van der Waals surface area contributed by atoms with E-state index in [1.165, 1.54) is 38.5 Å². The van der Waals surface area contributed by atoms with Crippen LogP contribution in [0.2, 0.25) is 0 Å². The van der Waals surface area contributed by atoms with Crippen molar-refractivity contribution in [2.24, 2.45) is 10.9 Å². The van der Waals surface area contributed by atoms with Gasteiger partial charge in [-0.2, -0.15) is 0 Å². The summed E-state index contributed by atoms with van der Waals surface area (Å²) in [5.74, 6) is 2.07. The molecular weight excluding hydrogens is 238 g/mol. The Hall–Kier alpha value is -1.06. The lowest BCUT2D eigenvalue weighted by Crippen LogP contribution is -2.43. The molecule has 0 aromatic carbocycles. The average molecular weight is 263 g/mol. The van der Waals surface area contributed by atoms with Crippen LogP contribution in [0.5, 0.6) is 0 Å². The maximum Gasteiger partial charge on any atom is 0.229 e. The summed E-state index contributed by atoms with van der Waals surface area (Å²) in [6.07, 6.45) is 9.68. The molecule has 2 heterocycles. The van der Waals surface area contributed by atoms with Crippen molar-refractivity contribution in [1.82, 2.24) is 9.80 Å². The summed E-state index contributed by atoms with van der Waals surface area (Å²) < 4.78 is 0. The van der Waals surface area contributed by atoms with E-state index in [0.29, 0.717) is 5.91 Å². The third-order valence-electron chi connectivity index (χ3n) is 4.75. The second-order valence-corrected chi connectivity index (χ2v) is 6.11. The molecule has 1 saturated carbocycles. The standard InChI is InChI=1S/C15H25N3O/c19-14(8-7-13-5-1-2-6-13)18-12-9-16-15(18)17-10-3-4-11-17/h13H,1-12H2. The molecule has 4 heteroatoms. The van der Waals surface area contributed by atoms with Gasteiger partial charge < -0.3 is 4.90 Å². The Morgan fingerprint density at radius 2 is 1.84 bits per heavy atom. The largest absolute Gasteiger partial charge is 0.342 e. The van der Waals surface area contributed by atoms with E-state index < -0.39 is 0 Å². The van der Waals surface area contributed by atoms with Crippen molar-refractivity contribution in [2.45, 2.75) is 51.4 Å². The maximum absolute atomic E-state index is 12.4. The molecule has 0 aromatic rings. The zero-order valence-electron chi connectivity index (χ0n) is 11.8. The highest BCUT2D eigenvalue weighted by Crippen LogP contribution is 2.29. The molecule has 2 fully saturated rings. The van der Waals surface area contributed by atoms with E-state index in [0.717, 1.165) is 50.9 Å². The summed E-state index contributed by atoms with van der Waals surface area (Å²) >= 11 is 0. The first-order chi connectivity index (χ1) is 9.34. The van der Waals surface area contributed by atoms with Crippen LogP contribution in [0.1, 0.15) is 51.4 Å². The maximum atomic E-state index is 12.4. The van der Waals surface area contributed by atoms with E-state index in [1.54, 1.807) is 0 Å². The molecule has 0 atom stereocenters. The highest BCUT2D eigenvalue weighted by molar-refractivity contribution is 5.98. The van der Waals surface area contributed by atoms with Crippen LogP contribution in [0.25, 0.3) is 0 Å². The molecule has 0 unspecified atom stereocenters. The number of hydrogen-bond acceptors (Lipinski definition) is 3. The fraction of sp³-hybridized carbons (Fsp3) is 0.867. The molecular formula is C15H25N3O. The summed E-state index contributed by atoms with van der Waals surface area (Å²) in [5.41, 5.74) is 0. The molecule has 3 rings (SSSR count). The Morgan fingerprint density at radius 3 is 2.58 bits per heavy atom. The summed E-state index contributed by atoms with van der Waals surface area (Å²) in [6, 6.07) is 0. The van der Waals surface area contributed by atoms with Gasteiger partial charge in [0.2, 0.25) is 11.9 Å². The molecule has 0 spiro atoms. The number of carbonyl (C=O) groups excluding carboxylic acids is 1. The second-order valence-electron chi connectivity index (χ2n) is 6.11. The minimum atomic E-state index is 0.301. The van der Waals surface area contributed by atoms with Gasteiger partial charge in [0.25, 0.3) is 0 Å². The molecule has 106 valence electrons. The third-order valence-corrected chi connectivity index (χ3v) is 4.75. The van der Waals surface area contributed by atoms with Crippen molar-refractivity contribution in [3.63, 3.8) is 0 Å². The fourth-order valence-electron chi connectivity index (χ4n) is 3.62. The van der Waals surface area contributed by atoms with Crippen LogP contribution >= 0.6 is 0 Å². The number of hydrogen-bond donors (Lipinski definition) is 0. The van der Waals surface area contributed by atoms with E-state index in [-0.39, 0.29) is 0 Å². The molecule has 1 saturated heterocycles. The first kappa shape index (κ1) is 12.9. The summed E-state index contributed by atoms with van der Waals surface area (Å²) in [7, 11) is 0. The van der Waals surface area contributed by atoms with Crippen LogP contribution in [0, 0.1) is 5.92 Å². The Labute approximate surface area is 115 Å². The zero-order chi connectivity index (χ0) is 13.1. The van der Waals surface area contributed by atoms with Gasteiger partial charge in [-0.25, -0.2) is 0 Å². The van der Waals surface area contributed by atoms with E-state index in [1.807, 2.05) is 4.90 Å². The van der Waals surface area contributed by atoms with Crippen LogP contribution in [-0.4, -0.2) is 47.8 Å². The van der Waals surface area contributed by atoms with Crippen molar-refractivity contribution in [1.29, 1.82) is 0 Å². The van der Waals surface area contributed by atoms with Gasteiger partial charge in [0.1, 0.15) is 0 Å². The Balaban J connectivity index is 1.52. The predicted molar refractivity (Wildman–Crippen MR) is 76.0 cm³/mol. The van der Waals surface area contributed by atoms with Gasteiger partial charge in [-0.05, 0) is 25.2 Å². The van der Waals surface area contributed by atoms with Crippen molar-refractivity contribution >= 4 is 11.9 Å². The number of guanidine groups is 1. The number of nitrogens with zero attached hydrogens (tertiary/aromatic N) is 3. The molecule has 3 aliphatic rings. The minimum absolute atomic E-state index is 0.301. The van der Waals surface area contributed by atoms with Crippen LogP contribution in [0.15, 0.2) is 4.99 Å². The first-order valence-corrected chi connectivity index (χ1v) is 7.94. The highest BCUT2D eigenvalue weighted by Gasteiger charge is 2.29. The van der Waals surface area contributed by atoms with E-state index in [9.17, 15) is 4.79 Å². The number of carbonyl (C=O) groups is 1. The van der Waals surface area contributed by atoms with Crippen LogP contribution in [0.4, 0.5) is 0 Å². The minimum Gasteiger partial charge on any atom is -0.342 e. The first-order valence-electron chi connectivity index (χ1n) is 7.94. The van der Waals surface area contributed by atoms with Gasteiger partial charge >= 0.3 is 0 Å². The number of rotatable bonds is 3. The van der Waals surface area contributed by atoms with Gasteiger partial charge in [-0.15, -0.1) is 0 Å². The second kappa shape index (κ2) is 5.93. The quantitative estimate of drug-likeness (QED) is 0.783. The molecule has 1 amide bonds. The molecule has 0 aromatic heterocycles. The van der Waals surface area contributed by atoms with Crippen LogP contribution in [0.3, 0.4) is 0 Å². The van der Waals surface area contributed by atoms with Crippen molar-refractivity contribution in [3.8, 4) is 0 Å². The highest BCUT2D eigenvalue weighted by atomic mass is 16.2. The van der Waals surface area contributed by atoms with E-state index >= 15 is 0 Å². The van der Waals surface area contributed by atoms with Gasteiger partial charge in [0, 0.05) is 26.1 Å². The lowest BCUT2D eigenvalue weighted by atomic mass is 10.0. The molecule has 1 aliphatic carbocycles. The van der Waals surface area contributed by atoms with Crippen LogP contribution in [-0.2, 0) is 4.79 Å². The lowest BCUT2D eigenvalue weighted by molar-refractivity contribution is -0.127. The number of aliphatic imine (C=N–C) groups is 1. The molecule has 2 aliphatic heterocycles. The Morgan fingerprint density at radius 1 is 1.11 bits per heavy atom. The molecule has 0 radical (unpaired) electrons. The van der Waals surface area contributed by atoms with Crippen molar-refractivity contribution < 1.29 is 4.79 Å². The van der Waals surface area contributed by atoms with Crippen LogP contribution < -0.4 is 0 Å². The summed E-state index contributed by atoms with van der Waals surface area (Å²) in [4.78, 5) is 21.2. The van der Waals surface area contributed by atoms with Gasteiger partial charge in [0.15, 0.2) is 0 Å². The van der Waals surface area contributed by atoms with Crippen molar-refractivity contribution in [2.75, 3.05) is 26.2 Å². The molecule has 0 bridgehead atoms. The normalized spacial score (nSPS) is 24.3. The monoisotopic (exact) mass is 263 g/mol. The zero-order valence-corrected chi connectivity index (χ0v) is 11.8. The Kier molecular flexibility index (Phi) is 4.04. The lowest BCUT2D eigenvalue weighted by Gasteiger charge is -2.26. The molecule has 19 heavy (non-hydrogen) atoms. The number of likely N-dealkylation sites (tertiary alicyclic amines) is 1. The Bertz CT molecular complexity index is 354. The third kappa shape index (κ3) is 2.93. The number of amides is 1. The average Bonchev–Trinajstić information content (AvgIpc) is 3.14. The van der Waals surface area contributed by atoms with Gasteiger partial charge in [-0.3, -0.25) is 14.7 Å². The smallest absolute Gasteiger partial charge is 0.229 e. The van der Waals surface area contributed by atoms with Crippen molar-refractivity contribution in [3.05, 3.63) is 0 Å². The van der Waals surface area contributed by atoms with Gasteiger partial charge in [0.05, 0.1) is 6.54 Å². The predicted octanol–water partition coefficient (Wildman–Crippen LogP) is 2.25. The fourth-order valence-corrected chi connectivity index (χ4v) is 3.62. The van der Waals surface area contributed by atoms with E-state index in [4.69, 9.17) is 0 Å². The SMILES string of the molecule is O=C(CCC1CCCC1)N1CCN=C1N1CCCC1. The van der Waals surface area contributed by atoms with Gasteiger partial charge in [-0.1, -0.05) is 25.7 Å². The topological polar surface area (TPSA) is 35.9 Å². The van der Waals surface area contributed by atoms with E-state index in [2.05, 4.69) is 9.89 Å².